The summed E-state index contributed by atoms with van der Waals surface area (Å²) in [6.45, 7) is 4.70. The van der Waals surface area contributed by atoms with Crippen LogP contribution in [0.5, 0.6) is 5.75 Å². The van der Waals surface area contributed by atoms with Gasteiger partial charge in [0.15, 0.2) is 5.11 Å². The van der Waals surface area contributed by atoms with Crippen LogP contribution in [0.1, 0.15) is 49.7 Å². The van der Waals surface area contributed by atoms with E-state index in [-0.39, 0.29) is 51.4 Å². The Morgan fingerprint density at radius 1 is 1.00 bits per heavy atom. The number of dihydropyridines is 1. The number of thiocarbonyl (C=S) groups is 1. The number of carbonyl (C=O) groups excluding carboxylic acids is 1. The topological polar surface area (TPSA) is 152 Å². The number of anilines is 1. The number of hydrazine groups is 1. The molecule has 0 bridgehead atoms. The number of allylic oxidation sites excluding steroid dienone is 2. The predicted octanol–water partition coefficient (Wildman–Crippen LogP) is 3.44. The summed E-state index contributed by atoms with van der Waals surface area (Å²) in [4.78, 5) is 38.7. The molecule has 2 aromatic rings. The molecule has 0 spiro atoms. The van der Waals surface area contributed by atoms with Gasteiger partial charge in [0.1, 0.15) is 11.6 Å². The van der Waals surface area contributed by atoms with E-state index in [4.69, 9.17) is 17.0 Å². The van der Waals surface area contributed by atoms with Crippen molar-refractivity contribution in [1.29, 1.82) is 0 Å². The van der Waals surface area contributed by atoms with Crippen molar-refractivity contribution in [2.24, 2.45) is 0 Å². The van der Waals surface area contributed by atoms with Gasteiger partial charge in [0.25, 0.3) is 5.91 Å². The molecule has 13 heteroatoms. The largest absolute Gasteiger partial charge is 0.497 e. The van der Waals surface area contributed by atoms with Gasteiger partial charge in [-0.2, -0.15) is 0 Å². The molecule has 0 unspecified atom stereocenters. The number of rotatable bonds is 8. The third-order valence-electron chi connectivity index (χ3n) is 7.63. The molecule has 0 aliphatic carbocycles. The van der Waals surface area contributed by atoms with Crippen LogP contribution in [0.3, 0.4) is 0 Å². The van der Waals surface area contributed by atoms with E-state index < -0.39 is 23.7 Å². The molecule has 0 atom stereocenters. The van der Waals surface area contributed by atoms with E-state index in [0.29, 0.717) is 5.92 Å². The highest BCUT2D eigenvalue weighted by atomic mass is 32.1. The van der Waals surface area contributed by atoms with Crippen LogP contribution in [-0.4, -0.2) is 64.8 Å². The number of piperidine rings is 1. The Kier molecular flexibility index (Phi) is 9.99. The number of benzene rings is 2. The molecule has 2 heterocycles. The number of nitrogens with one attached hydrogen (secondary N) is 4. The Labute approximate surface area is 253 Å². The Bertz CT molecular complexity index is 1470. The first-order chi connectivity index (χ1) is 20.5. The van der Waals surface area contributed by atoms with Gasteiger partial charge in [-0.15, -0.1) is 0 Å². The maximum Gasteiger partial charge on any atom is 0.334 e. The molecule has 1 saturated heterocycles. The number of hydrogen-bond donors (Lipinski definition) is 6. The summed E-state index contributed by atoms with van der Waals surface area (Å²) >= 11 is 5.23. The van der Waals surface area contributed by atoms with Gasteiger partial charge in [-0.05, 0) is 93.3 Å². The summed E-state index contributed by atoms with van der Waals surface area (Å²) in [7, 11) is 1.64. The van der Waals surface area contributed by atoms with E-state index in [1.807, 2.05) is 23.1 Å². The molecule has 6 N–H and O–H groups in total. The van der Waals surface area contributed by atoms with Crippen LogP contribution in [0.15, 0.2) is 65.0 Å². The van der Waals surface area contributed by atoms with Crippen molar-refractivity contribution in [2.45, 2.75) is 38.5 Å². The van der Waals surface area contributed by atoms with Gasteiger partial charge in [0.2, 0.25) is 0 Å². The maximum atomic E-state index is 14.7. The summed E-state index contributed by atoms with van der Waals surface area (Å²) < 4.78 is 20.1. The number of ether oxygens (including phenoxy) is 1. The normalized spacial score (nSPS) is 16.4. The van der Waals surface area contributed by atoms with E-state index in [2.05, 4.69) is 27.6 Å². The molecule has 0 radical (unpaired) electrons. The van der Waals surface area contributed by atoms with Gasteiger partial charge in [-0.1, -0.05) is 18.2 Å². The zero-order valence-electron chi connectivity index (χ0n) is 24.0. The minimum Gasteiger partial charge on any atom is -0.497 e. The first-order valence-corrected chi connectivity index (χ1v) is 14.1. The molecule has 1 fully saturated rings. The van der Waals surface area contributed by atoms with Gasteiger partial charge < -0.3 is 25.6 Å². The molecule has 2 aromatic carbocycles. The Morgan fingerprint density at radius 3 is 2.26 bits per heavy atom. The SMILES string of the molecule is COc1cccc(C2CCN(CC(=O)NNC(=S)Nc3cc(C4C(C(=O)O)=C(C)NC(C)=C4C(=O)O)ccc3F)CC2)c1. The van der Waals surface area contributed by atoms with Crippen LogP contribution >= 0.6 is 12.2 Å². The minimum absolute atomic E-state index is 0.109. The van der Waals surface area contributed by atoms with Crippen LogP contribution < -0.4 is 26.2 Å². The number of amides is 1. The molecule has 11 nitrogen and oxygen atoms in total. The Hall–Kier alpha value is -4.49. The molecule has 1 amide bonds. The van der Waals surface area contributed by atoms with Crippen LogP contribution in [0, 0.1) is 5.82 Å². The highest BCUT2D eigenvalue weighted by molar-refractivity contribution is 7.80. The molecule has 4 rings (SSSR count). The number of hydrogen-bond acceptors (Lipinski definition) is 7. The molecular weight excluding hydrogens is 577 g/mol. The number of nitrogens with zero attached hydrogens (tertiary/aromatic N) is 1. The van der Waals surface area contributed by atoms with Crippen molar-refractivity contribution in [3.8, 4) is 5.75 Å². The second kappa shape index (κ2) is 13.7. The van der Waals surface area contributed by atoms with Crippen molar-refractivity contribution < 1.29 is 33.7 Å². The second-order valence-electron chi connectivity index (χ2n) is 10.4. The molecular formula is C30H34FN5O6S. The van der Waals surface area contributed by atoms with Gasteiger partial charge >= 0.3 is 11.9 Å². The number of carbonyl (C=O) groups is 3. The lowest BCUT2D eigenvalue weighted by atomic mass is 9.80. The molecule has 0 aromatic heterocycles. The summed E-state index contributed by atoms with van der Waals surface area (Å²) in [5, 5.41) is 25.0. The van der Waals surface area contributed by atoms with Gasteiger partial charge in [-0.25, -0.2) is 14.0 Å². The number of carboxylic acids is 2. The smallest absolute Gasteiger partial charge is 0.334 e. The maximum absolute atomic E-state index is 14.7. The van der Waals surface area contributed by atoms with E-state index in [9.17, 15) is 29.0 Å². The average molecular weight is 612 g/mol. The highest BCUT2D eigenvalue weighted by Crippen LogP contribution is 2.39. The van der Waals surface area contributed by atoms with Crippen LogP contribution in [-0.2, 0) is 14.4 Å². The van der Waals surface area contributed by atoms with Gasteiger partial charge in [0.05, 0.1) is 36.4 Å². The summed E-state index contributed by atoms with van der Waals surface area (Å²) in [6, 6.07) is 11.8. The predicted molar refractivity (Wildman–Crippen MR) is 162 cm³/mol. The van der Waals surface area contributed by atoms with Crippen molar-refractivity contribution >= 4 is 40.9 Å². The van der Waals surface area contributed by atoms with E-state index >= 15 is 0 Å². The number of carboxylic acid groups (broad SMARTS) is 2. The average Bonchev–Trinajstić information content (AvgIpc) is 2.96. The van der Waals surface area contributed by atoms with Crippen molar-refractivity contribution in [2.75, 3.05) is 32.1 Å². The summed E-state index contributed by atoms with van der Waals surface area (Å²) in [5.74, 6) is -3.59. The molecule has 2 aliphatic rings. The Morgan fingerprint density at radius 2 is 1.65 bits per heavy atom. The molecule has 0 saturated carbocycles. The van der Waals surface area contributed by atoms with Crippen LogP contribution in [0.4, 0.5) is 10.1 Å². The number of halogens is 1. The van der Waals surface area contributed by atoms with Crippen molar-refractivity contribution in [3.63, 3.8) is 0 Å². The number of likely N-dealkylation sites (tertiary alicyclic amines) is 1. The highest BCUT2D eigenvalue weighted by Gasteiger charge is 2.36. The first kappa shape index (κ1) is 31.4. The van der Waals surface area contributed by atoms with Gasteiger partial charge in [-0.3, -0.25) is 20.5 Å². The van der Waals surface area contributed by atoms with Crippen LogP contribution in [0.25, 0.3) is 0 Å². The van der Waals surface area contributed by atoms with Crippen molar-refractivity contribution in [1.82, 2.24) is 21.1 Å². The fourth-order valence-corrected chi connectivity index (χ4v) is 5.72. The van der Waals surface area contributed by atoms with Gasteiger partial charge in [0, 0.05) is 11.4 Å². The molecule has 2 aliphatic heterocycles. The summed E-state index contributed by atoms with van der Waals surface area (Å²) in [6.07, 6.45) is 1.80. The third-order valence-corrected chi connectivity index (χ3v) is 7.83. The van der Waals surface area contributed by atoms with Crippen molar-refractivity contribution in [3.05, 3.63) is 81.9 Å². The summed E-state index contributed by atoms with van der Waals surface area (Å²) in [5.41, 5.74) is 6.64. The van der Waals surface area contributed by atoms with E-state index in [1.165, 1.54) is 31.5 Å². The van der Waals surface area contributed by atoms with E-state index in [0.717, 1.165) is 37.7 Å². The second-order valence-corrected chi connectivity index (χ2v) is 10.8. The third kappa shape index (κ3) is 7.48. The zero-order chi connectivity index (χ0) is 31.3. The monoisotopic (exact) mass is 611 g/mol. The zero-order valence-corrected chi connectivity index (χ0v) is 24.8. The lowest BCUT2D eigenvalue weighted by Crippen LogP contribution is -2.48. The lowest BCUT2D eigenvalue weighted by molar-refractivity contribution is -0.133. The first-order valence-electron chi connectivity index (χ1n) is 13.6. The number of aliphatic carboxylic acids is 2. The van der Waals surface area contributed by atoms with E-state index in [1.54, 1.807) is 7.11 Å². The number of methoxy groups -OCH3 is 1. The molecule has 43 heavy (non-hydrogen) atoms. The quantitative estimate of drug-likeness (QED) is 0.192. The Balaban J connectivity index is 1.35. The lowest BCUT2D eigenvalue weighted by Gasteiger charge is -2.31. The minimum atomic E-state index is -1.30. The molecule has 228 valence electrons. The fourth-order valence-electron chi connectivity index (χ4n) is 5.56. The standard InChI is InChI=1S/C30H34FN5O6S/c1-16-25(28(38)39)27(26(29(40)41)17(2)32-16)20-7-8-22(31)23(14-20)33-30(43)35-34-24(37)15-36-11-9-18(10-12-36)19-5-4-6-21(13-19)42-3/h4-8,13-14,18,27,32H,9-12,15H2,1-3H3,(H,34,37)(H,38,39)(H,40,41)(H2,33,35,43). The van der Waals surface area contributed by atoms with Crippen LogP contribution in [0.2, 0.25) is 0 Å². The fraction of sp³-hybridized carbons (Fsp3) is 0.333.